The lowest BCUT2D eigenvalue weighted by atomic mass is 10.1. The van der Waals surface area contributed by atoms with E-state index in [0.717, 1.165) is 25.9 Å². The minimum atomic E-state index is -0.225. The van der Waals surface area contributed by atoms with Gasteiger partial charge >= 0.3 is 5.97 Å². The second kappa shape index (κ2) is 9.40. The molecule has 4 nitrogen and oxygen atoms in total. The van der Waals surface area contributed by atoms with E-state index in [-0.39, 0.29) is 12.0 Å². The molecule has 0 amide bonds. The number of anilines is 1. The first-order valence-electron chi connectivity index (χ1n) is 7.76. The van der Waals surface area contributed by atoms with Gasteiger partial charge in [0, 0.05) is 19.3 Å². The van der Waals surface area contributed by atoms with Crippen molar-refractivity contribution in [2.24, 2.45) is 0 Å². The highest BCUT2D eigenvalue weighted by atomic mass is 16.5. The van der Waals surface area contributed by atoms with Crippen molar-refractivity contribution in [3.05, 3.63) is 29.8 Å². The molecule has 0 spiro atoms. The molecule has 0 aliphatic heterocycles. The van der Waals surface area contributed by atoms with Gasteiger partial charge in [0.25, 0.3) is 0 Å². The van der Waals surface area contributed by atoms with Gasteiger partial charge in [-0.25, -0.2) is 0 Å². The Morgan fingerprint density at radius 3 is 2.76 bits per heavy atom. The molecule has 118 valence electrons. The third kappa shape index (κ3) is 6.17. The molecule has 1 aromatic rings. The number of nitrogens with one attached hydrogen (secondary N) is 1. The maximum Gasteiger partial charge on any atom is 0.323 e. The molecule has 1 atom stereocenters. The molecule has 0 aliphatic carbocycles. The second-order valence-corrected chi connectivity index (χ2v) is 5.31. The van der Waals surface area contributed by atoms with Crippen LogP contribution >= 0.6 is 0 Å². The quantitative estimate of drug-likeness (QED) is 0.711. The summed E-state index contributed by atoms with van der Waals surface area (Å²) in [6.07, 6.45) is 1.74. The Hall–Kier alpha value is -1.55. The number of ether oxygens (including phenoxy) is 1. The van der Waals surface area contributed by atoms with Crippen LogP contribution in [0.1, 0.15) is 32.3 Å². The number of carbonyl (C=O) groups is 1. The van der Waals surface area contributed by atoms with E-state index in [9.17, 15) is 4.79 Å². The Labute approximate surface area is 128 Å². The van der Waals surface area contributed by atoms with Gasteiger partial charge in [0.05, 0.1) is 6.61 Å². The van der Waals surface area contributed by atoms with E-state index in [1.165, 1.54) is 11.3 Å². The van der Waals surface area contributed by atoms with Gasteiger partial charge in [-0.2, -0.15) is 0 Å². The fourth-order valence-corrected chi connectivity index (χ4v) is 2.18. The Morgan fingerprint density at radius 1 is 1.38 bits per heavy atom. The number of benzene rings is 1. The Morgan fingerprint density at radius 2 is 2.14 bits per heavy atom. The first-order valence-corrected chi connectivity index (χ1v) is 7.76. The number of carbonyl (C=O) groups excluding carboxylic acids is 1. The summed E-state index contributed by atoms with van der Waals surface area (Å²) in [4.78, 5) is 14.1. The maximum atomic E-state index is 11.9. The van der Waals surface area contributed by atoms with E-state index in [1.54, 1.807) is 0 Å². The van der Waals surface area contributed by atoms with Crippen LogP contribution in [0.4, 0.5) is 5.69 Å². The first kappa shape index (κ1) is 17.5. The molecule has 1 rings (SSSR count). The van der Waals surface area contributed by atoms with Crippen molar-refractivity contribution < 1.29 is 9.53 Å². The molecule has 0 aliphatic rings. The van der Waals surface area contributed by atoms with E-state index in [1.807, 2.05) is 6.92 Å². The molecule has 0 heterocycles. The third-order valence-electron chi connectivity index (χ3n) is 3.41. The molecular weight excluding hydrogens is 264 g/mol. The zero-order chi connectivity index (χ0) is 15.7. The molecule has 1 N–H and O–H groups in total. The van der Waals surface area contributed by atoms with Gasteiger partial charge < -0.3 is 15.0 Å². The molecule has 1 aromatic carbocycles. The molecule has 1 unspecified atom stereocenters. The lowest BCUT2D eigenvalue weighted by molar-refractivity contribution is -0.145. The third-order valence-corrected chi connectivity index (χ3v) is 3.41. The highest BCUT2D eigenvalue weighted by Gasteiger charge is 2.19. The minimum absolute atomic E-state index is 0.149. The predicted octanol–water partition coefficient (Wildman–Crippen LogP) is 2.75. The summed E-state index contributed by atoms with van der Waals surface area (Å²) in [6, 6.07) is 8.16. The number of rotatable bonds is 9. The van der Waals surface area contributed by atoms with E-state index in [0.29, 0.717) is 6.61 Å². The van der Waals surface area contributed by atoms with Gasteiger partial charge in [-0.05, 0) is 50.9 Å². The topological polar surface area (TPSA) is 41.6 Å². The van der Waals surface area contributed by atoms with Crippen LogP contribution in [-0.2, 0) is 9.53 Å². The number of hydrogen-bond donors (Lipinski definition) is 1. The van der Waals surface area contributed by atoms with Gasteiger partial charge in [-0.15, -0.1) is 0 Å². The lowest BCUT2D eigenvalue weighted by Crippen LogP contribution is -2.41. The van der Waals surface area contributed by atoms with E-state index in [4.69, 9.17) is 4.74 Å². The van der Waals surface area contributed by atoms with Gasteiger partial charge in [-0.3, -0.25) is 4.79 Å². The van der Waals surface area contributed by atoms with Crippen molar-refractivity contribution in [3.63, 3.8) is 0 Å². The van der Waals surface area contributed by atoms with Crippen LogP contribution in [0.25, 0.3) is 0 Å². The second-order valence-electron chi connectivity index (χ2n) is 5.31. The summed E-state index contributed by atoms with van der Waals surface area (Å²) in [7, 11) is 2.05. The molecule has 21 heavy (non-hydrogen) atoms. The van der Waals surface area contributed by atoms with Crippen molar-refractivity contribution >= 4 is 11.7 Å². The normalized spacial score (nSPS) is 12.0. The molecule has 0 fully saturated rings. The summed E-state index contributed by atoms with van der Waals surface area (Å²) in [5.41, 5.74) is 2.42. The van der Waals surface area contributed by atoms with Crippen molar-refractivity contribution in [3.8, 4) is 0 Å². The fourth-order valence-electron chi connectivity index (χ4n) is 2.18. The molecule has 0 saturated heterocycles. The van der Waals surface area contributed by atoms with E-state index >= 15 is 0 Å². The zero-order valence-corrected chi connectivity index (χ0v) is 13.7. The number of aryl methyl sites for hydroxylation is 1. The van der Waals surface area contributed by atoms with Crippen molar-refractivity contribution in [1.82, 2.24) is 5.32 Å². The number of hydrogen-bond acceptors (Lipinski definition) is 4. The highest BCUT2D eigenvalue weighted by Crippen LogP contribution is 2.14. The standard InChI is InChI=1S/C17H28N2O2/c1-5-11-18-16(17(20)21-6-2)10-12-19(4)15-9-7-8-14(3)13-15/h7-9,13,16,18H,5-6,10-12H2,1-4H3. The van der Waals surface area contributed by atoms with E-state index in [2.05, 4.69) is 55.4 Å². The summed E-state index contributed by atoms with van der Waals surface area (Å²) in [5, 5.41) is 3.27. The van der Waals surface area contributed by atoms with Crippen LogP contribution in [0.5, 0.6) is 0 Å². The van der Waals surface area contributed by atoms with Crippen molar-refractivity contribution in [2.75, 3.05) is 31.6 Å². The van der Waals surface area contributed by atoms with Crippen LogP contribution < -0.4 is 10.2 Å². The van der Waals surface area contributed by atoms with E-state index < -0.39 is 0 Å². The molecule has 0 bridgehead atoms. The minimum Gasteiger partial charge on any atom is -0.465 e. The summed E-state index contributed by atoms with van der Waals surface area (Å²) < 4.78 is 5.14. The average molecular weight is 292 g/mol. The summed E-state index contributed by atoms with van der Waals surface area (Å²) >= 11 is 0. The largest absolute Gasteiger partial charge is 0.465 e. The van der Waals surface area contributed by atoms with Gasteiger partial charge in [0.2, 0.25) is 0 Å². The maximum absolute atomic E-state index is 11.9. The fraction of sp³-hybridized carbons (Fsp3) is 0.588. The van der Waals surface area contributed by atoms with Gasteiger partial charge in [-0.1, -0.05) is 19.1 Å². The molecule has 0 saturated carbocycles. The summed E-state index contributed by atoms with van der Waals surface area (Å²) in [5.74, 6) is -0.149. The first-order chi connectivity index (χ1) is 10.1. The van der Waals surface area contributed by atoms with Crippen molar-refractivity contribution in [2.45, 2.75) is 39.7 Å². The Balaban J connectivity index is 2.56. The zero-order valence-electron chi connectivity index (χ0n) is 13.7. The number of nitrogens with zero attached hydrogens (tertiary/aromatic N) is 1. The Bertz CT molecular complexity index is 435. The SMILES string of the molecule is CCCNC(CCN(C)c1cccc(C)c1)C(=O)OCC. The van der Waals surface area contributed by atoms with Crippen LogP contribution in [0.15, 0.2) is 24.3 Å². The van der Waals surface area contributed by atoms with Crippen molar-refractivity contribution in [1.29, 1.82) is 0 Å². The average Bonchev–Trinajstić information content (AvgIpc) is 2.47. The Kier molecular flexibility index (Phi) is 7.83. The van der Waals surface area contributed by atoms with Crippen LogP contribution in [0, 0.1) is 6.92 Å². The molecule has 0 radical (unpaired) electrons. The highest BCUT2D eigenvalue weighted by molar-refractivity contribution is 5.75. The van der Waals surface area contributed by atoms with Crippen LogP contribution in [0.2, 0.25) is 0 Å². The van der Waals surface area contributed by atoms with Crippen LogP contribution in [-0.4, -0.2) is 38.8 Å². The predicted molar refractivity (Wildman–Crippen MR) is 87.8 cm³/mol. The molecular formula is C17H28N2O2. The number of esters is 1. The molecule has 0 aromatic heterocycles. The van der Waals surface area contributed by atoms with Gasteiger partial charge in [0.15, 0.2) is 0 Å². The lowest BCUT2D eigenvalue weighted by Gasteiger charge is -2.23. The molecule has 4 heteroatoms. The monoisotopic (exact) mass is 292 g/mol. The van der Waals surface area contributed by atoms with Crippen LogP contribution in [0.3, 0.4) is 0 Å². The van der Waals surface area contributed by atoms with Gasteiger partial charge in [0.1, 0.15) is 6.04 Å². The smallest absolute Gasteiger partial charge is 0.323 e. The summed E-state index contributed by atoms with van der Waals surface area (Å²) in [6.45, 7) is 8.08.